The molecule has 24 heteroatoms. The van der Waals surface area contributed by atoms with Crippen molar-refractivity contribution >= 4 is 138 Å². The first-order valence-electron chi connectivity index (χ1n) is 13.8. The quantitative estimate of drug-likeness (QED) is 0.0303. The monoisotopic (exact) mass is 894 g/mol. The number of methoxy groups -OCH3 is 2. The van der Waals surface area contributed by atoms with E-state index >= 15 is 0 Å². The fourth-order valence-electron chi connectivity index (χ4n) is 1.59. The number of ether oxygens (including phenoxy) is 5. The number of hydrogen-bond acceptors (Lipinski definition) is 21. The molecule has 0 aliphatic rings. The number of nitrogens with one attached hydrogen (secondary N) is 1. The topological polar surface area (TPSA) is 210 Å². The summed E-state index contributed by atoms with van der Waals surface area (Å²) in [6.45, 7) is 7.66. The van der Waals surface area contributed by atoms with Gasteiger partial charge in [0.15, 0.2) is 0 Å². The zero-order valence-corrected chi connectivity index (χ0v) is 36.0. The number of halogens is 2. The summed E-state index contributed by atoms with van der Waals surface area (Å²) in [6.07, 6.45) is -0.413. The minimum atomic E-state index is -0.807. The van der Waals surface area contributed by atoms with Crippen LogP contribution in [0.15, 0.2) is 0 Å². The van der Waals surface area contributed by atoms with Gasteiger partial charge in [0.1, 0.15) is 30.3 Å². The van der Waals surface area contributed by atoms with Gasteiger partial charge in [-0.2, -0.15) is 0 Å². The maximum Gasteiger partial charge on any atom is 0.407 e. The van der Waals surface area contributed by atoms with Crippen LogP contribution in [0.25, 0.3) is 0 Å². The van der Waals surface area contributed by atoms with Crippen LogP contribution in [0, 0.1) is 0 Å². The number of alkyl carbamates (subject to hydrolysis) is 1. The maximum absolute atomic E-state index is 11.2. The molecule has 0 aliphatic heterocycles. The highest BCUT2D eigenvalue weighted by Crippen LogP contribution is 2.21. The number of carbonyl (C=O) groups is 5. The van der Waals surface area contributed by atoms with Crippen molar-refractivity contribution in [1.82, 2.24) is 5.32 Å². The molecule has 0 aromatic carbocycles. The molecule has 0 aromatic heterocycles. The van der Waals surface area contributed by atoms with Gasteiger partial charge in [-0.25, -0.2) is 14.4 Å². The first-order chi connectivity index (χ1) is 23.2. The van der Waals surface area contributed by atoms with Gasteiger partial charge in [0.05, 0.1) is 27.4 Å². The van der Waals surface area contributed by atoms with Crippen molar-refractivity contribution in [2.45, 2.75) is 26.4 Å². The van der Waals surface area contributed by atoms with Crippen LogP contribution in [0.4, 0.5) is 14.4 Å². The van der Waals surface area contributed by atoms with Crippen molar-refractivity contribution in [3.05, 3.63) is 0 Å². The van der Waals surface area contributed by atoms with E-state index in [1.807, 2.05) is 20.8 Å². The van der Waals surface area contributed by atoms with Crippen molar-refractivity contribution in [2.24, 2.45) is 5.73 Å². The molecule has 14 nitrogen and oxygen atoms in total. The SMILES string of the molecule is CC(C)(C)OC(=O)NCCSSCCOC(=O)Cl.COC(=O)CSSCCO.COC(=O)CSSCCOC(=O)Cl.NCCSSCCO. The Kier molecular flexibility index (Phi) is 51.1. The van der Waals surface area contributed by atoms with Gasteiger partial charge in [-0.15, -0.1) is 0 Å². The van der Waals surface area contributed by atoms with Crippen LogP contribution in [-0.4, -0.2) is 144 Å². The molecule has 0 saturated carbocycles. The molecule has 0 radical (unpaired) electrons. The summed E-state index contributed by atoms with van der Waals surface area (Å²) in [7, 11) is 14.8. The number of hydrogen-bond donors (Lipinski definition) is 4. The fraction of sp³-hybridized carbons (Fsp3) is 0.800. The van der Waals surface area contributed by atoms with E-state index in [1.165, 1.54) is 57.4 Å². The smallest absolute Gasteiger partial charge is 0.407 e. The van der Waals surface area contributed by atoms with Crippen LogP contribution in [0.1, 0.15) is 20.8 Å². The van der Waals surface area contributed by atoms with Gasteiger partial charge in [0.25, 0.3) is 0 Å². The highest BCUT2D eigenvalue weighted by molar-refractivity contribution is 8.77. The van der Waals surface area contributed by atoms with Crippen LogP contribution in [0.5, 0.6) is 0 Å². The highest BCUT2D eigenvalue weighted by atomic mass is 35.5. The Morgan fingerprint density at radius 2 is 1.04 bits per heavy atom. The number of esters is 2. The van der Waals surface area contributed by atoms with E-state index in [0.29, 0.717) is 36.2 Å². The first kappa shape index (κ1) is 56.2. The minimum Gasteiger partial charge on any atom is -0.468 e. The van der Waals surface area contributed by atoms with Crippen LogP contribution < -0.4 is 11.1 Å². The Morgan fingerprint density at radius 1 is 0.653 bits per heavy atom. The Balaban J connectivity index is -0.000000289. The Bertz CT molecular complexity index is 820. The lowest BCUT2D eigenvalue weighted by Gasteiger charge is -2.19. The van der Waals surface area contributed by atoms with Gasteiger partial charge in [-0.3, -0.25) is 9.59 Å². The lowest BCUT2D eigenvalue weighted by Crippen LogP contribution is -2.33. The lowest BCUT2D eigenvalue weighted by molar-refractivity contribution is -0.138. The number of aliphatic hydroxyl groups excluding tert-OH is 2. The summed E-state index contributed by atoms with van der Waals surface area (Å²) < 4.78 is 22.9. The van der Waals surface area contributed by atoms with Crippen molar-refractivity contribution in [2.75, 3.05) is 99.8 Å². The van der Waals surface area contributed by atoms with E-state index in [0.717, 1.165) is 23.8 Å². The second-order valence-corrected chi connectivity index (χ2v) is 19.6. The molecule has 0 spiro atoms. The molecule has 0 saturated heterocycles. The largest absolute Gasteiger partial charge is 0.468 e. The van der Waals surface area contributed by atoms with Gasteiger partial charge >= 0.3 is 28.9 Å². The molecule has 5 N–H and O–H groups in total. The third-order valence-electron chi connectivity index (χ3n) is 3.31. The molecule has 1 amide bonds. The van der Waals surface area contributed by atoms with Gasteiger partial charge < -0.3 is 44.9 Å². The summed E-state index contributed by atoms with van der Waals surface area (Å²) in [4.78, 5) is 52.6. The highest BCUT2D eigenvalue weighted by Gasteiger charge is 2.15. The lowest BCUT2D eigenvalue weighted by atomic mass is 10.2. The average molecular weight is 896 g/mol. The Labute approximate surface area is 331 Å². The molecular weight excluding hydrogens is 848 g/mol. The molecule has 0 atom stereocenters. The molecule has 292 valence electrons. The predicted octanol–water partition coefficient (Wildman–Crippen LogP) is 6.04. The molecular formula is C25H48Cl2N2O12S8. The second kappa shape index (κ2) is 44.6. The minimum absolute atomic E-state index is 0.152. The maximum atomic E-state index is 11.2. The van der Waals surface area contributed by atoms with E-state index < -0.39 is 22.6 Å². The first-order valence-corrected chi connectivity index (χ1v) is 24.6. The second-order valence-electron chi connectivity index (χ2n) is 8.45. The zero-order valence-electron chi connectivity index (χ0n) is 28.0. The summed E-state index contributed by atoms with van der Waals surface area (Å²) in [5, 5.41) is 19.3. The molecule has 0 fully saturated rings. The summed E-state index contributed by atoms with van der Waals surface area (Å²) in [5.41, 5.74) is 3.15. The average Bonchev–Trinajstić information content (AvgIpc) is 3.04. The van der Waals surface area contributed by atoms with Gasteiger partial charge in [0, 0.05) is 70.8 Å². The predicted molar refractivity (Wildman–Crippen MR) is 216 cm³/mol. The molecule has 0 aromatic rings. The van der Waals surface area contributed by atoms with Crippen molar-refractivity contribution in [3.8, 4) is 0 Å². The van der Waals surface area contributed by atoms with Crippen LogP contribution >= 0.6 is 110 Å². The number of aliphatic hydroxyl groups is 2. The molecule has 49 heavy (non-hydrogen) atoms. The van der Waals surface area contributed by atoms with E-state index in [2.05, 4.69) is 24.3 Å². The summed E-state index contributed by atoms with van der Waals surface area (Å²) in [5.74, 6) is 4.59. The van der Waals surface area contributed by atoms with E-state index in [4.69, 9.17) is 43.9 Å². The van der Waals surface area contributed by atoms with E-state index in [1.54, 1.807) is 43.2 Å². The third-order valence-corrected chi connectivity index (χ3v) is 12.7. The molecule has 0 bridgehead atoms. The van der Waals surface area contributed by atoms with Crippen LogP contribution in [0.2, 0.25) is 0 Å². The van der Waals surface area contributed by atoms with Crippen molar-refractivity contribution in [1.29, 1.82) is 0 Å². The standard InChI is InChI=1S/C10H18ClNO4S2.C6H9ClO4S2.C5H10O3S2.C4H11NOS2/c1-10(2,3)16-9(14)12-4-6-17-18-7-5-15-8(11)13;1-10-5(8)4-13-12-3-2-11-6(7)9;1-8-5(7)4-10-9-3-2-6;5-1-3-7-8-4-2-6/h4-7H2,1-3H3,(H,12,14);2-4H2,1H3;6H,2-4H2,1H3;6H,1-5H2. The van der Waals surface area contributed by atoms with E-state index in [-0.39, 0.29) is 37.5 Å². The molecule has 0 aliphatic carbocycles. The summed E-state index contributed by atoms with van der Waals surface area (Å²) >= 11 is 9.90. The van der Waals surface area contributed by atoms with Crippen LogP contribution in [0.3, 0.4) is 0 Å². The Morgan fingerprint density at radius 3 is 1.43 bits per heavy atom. The number of carbonyl (C=O) groups excluding carboxylic acids is 5. The van der Waals surface area contributed by atoms with Gasteiger partial charge in [0.2, 0.25) is 0 Å². The number of amides is 1. The molecule has 0 unspecified atom stereocenters. The number of nitrogens with two attached hydrogens (primary N) is 1. The molecule has 0 heterocycles. The zero-order chi connectivity index (χ0) is 38.2. The van der Waals surface area contributed by atoms with Crippen molar-refractivity contribution in [3.63, 3.8) is 0 Å². The van der Waals surface area contributed by atoms with Crippen molar-refractivity contribution < 1.29 is 57.9 Å². The van der Waals surface area contributed by atoms with E-state index in [9.17, 15) is 24.0 Å². The normalized spacial score (nSPS) is 10.0. The van der Waals surface area contributed by atoms with Crippen LogP contribution in [-0.2, 0) is 33.3 Å². The third kappa shape index (κ3) is 63.9. The van der Waals surface area contributed by atoms with Gasteiger partial charge in [-0.05, 0) is 20.8 Å². The number of rotatable bonds is 23. The fourth-order valence-corrected chi connectivity index (χ4v) is 8.38. The molecule has 0 rings (SSSR count). The summed E-state index contributed by atoms with van der Waals surface area (Å²) in [6, 6.07) is 0. The Hall–Kier alpha value is 0.410. The van der Waals surface area contributed by atoms with Gasteiger partial charge in [-0.1, -0.05) is 86.4 Å².